The third-order valence-corrected chi connectivity index (χ3v) is 4.72. The molecule has 4 nitrogen and oxygen atoms in total. The van der Waals surface area contributed by atoms with Crippen LogP contribution in [-0.2, 0) is 11.0 Å². The molecule has 2 aromatic rings. The number of nitrogens with one attached hydrogen (secondary N) is 1. The van der Waals surface area contributed by atoms with Crippen LogP contribution in [0.3, 0.4) is 0 Å². The highest BCUT2D eigenvalue weighted by Gasteiger charge is 2.34. The number of alkyl halides is 3. The van der Waals surface area contributed by atoms with E-state index < -0.39 is 23.5 Å². The largest absolute Gasteiger partial charge is 0.422 e. The molecule has 0 bridgehead atoms. The van der Waals surface area contributed by atoms with E-state index in [0.717, 1.165) is 17.0 Å². The van der Waals surface area contributed by atoms with Gasteiger partial charge < -0.3 is 10.1 Å². The molecule has 0 spiro atoms. The first-order valence-corrected chi connectivity index (χ1v) is 8.13. The minimum absolute atomic E-state index is 0.0474. The van der Waals surface area contributed by atoms with Gasteiger partial charge in [-0.1, -0.05) is 12.1 Å². The summed E-state index contributed by atoms with van der Waals surface area (Å²) >= 11 is 1.34. The van der Waals surface area contributed by atoms with Crippen molar-refractivity contribution in [1.82, 2.24) is 0 Å². The van der Waals surface area contributed by atoms with Crippen LogP contribution in [0.25, 0.3) is 0 Å². The Morgan fingerprint density at radius 1 is 1.20 bits per heavy atom. The van der Waals surface area contributed by atoms with E-state index in [-0.39, 0.29) is 16.7 Å². The number of carbonyl (C=O) groups excluding carboxylic acids is 2. The first-order chi connectivity index (χ1) is 11.8. The molecule has 1 unspecified atom stereocenters. The number of carbonyl (C=O) groups is 2. The lowest BCUT2D eigenvalue weighted by molar-refractivity contribution is -0.138. The van der Waals surface area contributed by atoms with Crippen molar-refractivity contribution in [2.24, 2.45) is 0 Å². The molecule has 25 heavy (non-hydrogen) atoms. The molecule has 1 heterocycles. The Bertz CT molecular complexity index is 851. The van der Waals surface area contributed by atoms with Crippen molar-refractivity contribution in [2.75, 3.05) is 5.32 Å². The summed E-state index contributed by atoms with van der Waals surface area (Å²) in [7, 11) is 0. The number of ether oxygens (including phenoxy) is 1. The number of benzene rings is 2. The zero-order valence-electron chi connectivity index (χ0n) is 12.9. The van der Waals surface area contributed by atoms with Crippen LogP contribution in [0.2, 0.25) is 0 Å². The summed E-state index contributed by atoms with van der Waals surface area (Å²) < 4.78 is 43.8. The molecular formula is C17H12F3NO3S. The van der Waals surface area contributed by atoms with Crippen LogP contribution in [0.1, 0.15) is 22.8 Å². The van der Waals surface area contributed by atoms with Crippen LogP contribution in [-0.4, -0.2) is 17.1 Å². The number of rotatable bonds is 2. The van der Waals surface area contributed by atoms with Gasteiger partial charge in [0.2, 0.25) is 5.91 Å². The topological polar surface area (TPSA) is 55.4 Å². The molecule has 1 aliphatic heterocycles. The zero-order valence-corrected chi connectivity index (χ0v) is 13.7. The van der Waals surface area contributed by atoms with Crippen molar-refractivity contribution in [3.63, 3.8) is 0 Å². The molecule has 1 atom stereocenters. The highest BCUT2D eigenvalue weighted by atomic mass is 32.2. The van der Waals surface area contributed by atoms with Gasteiger partial charge in [0.05, 0.1) is 22.1 Å². The van der Waals surface area contributed by atoms with Crippen molar-refractivity contribution in [3.8, 4) is 5.75 Å². The SMILES string of the molecule is CC1Sc2ccc(C(=O)Oc3ccccc3C(F)(F)F)cc2NC1=O. The van der Waals surface area contributed by atoms with Crippen LogP contribution in [0.4, 0.5) is 18.9 Å². The lowest BCUT2D eigenvalue weighted by Gasteiger charge is -2.21. The van der Waals surface area contributed by atoms with Gasteiger partial charge >= 0.3 is 12.1 Å². The Labute approximate surface area is 145 Å². The average Bonchev–Trinajstić information content (AvgIpc) is 2.55. The Kier molecular flexibility index (Phi) is 4.47. The van der Waals surface area contributed by atoms with Crippen LogP contribution in [0, 0.1) is 0 Å². The van der Waals surface area contributed by atoms with E-state index in [4.69, 9.17) is 4.74 Å². The third-order valence-electron chi connectivity index (χ3n) is 3.54. The van der Waals surface area contributed by atoms with Crippen molar-refractivity contribution in [3.05, 3.63) is 53.6 Å². The number of hydrogen-bond donors (Lipinski definition) is 1. The maximum Gasteiger partial charge on any atom is 0.419 e. The molecule has 0 fully saturated rings. The molecule has 1 amide bonds. The molecule has 130 valence electrons. The summed E-state index contributed by atoms with van der Waals surface area (Å²) in [6, 6.07) is 8.96. The van der Waals surface area contributed by atoms with E-state index in [2.05, 4.69) is 5.32 Å². The summed E-state index contributed by atoms with van der Waals surface area (Å²) in [5.74, 6) is -1.70. The first kappa shape index (κ1) is 17.3. The Morgan fingerprint density at radius 2 is 1.92 bits per heavy atom. The standard InChI is InChI=1S/C17H12F3NO3S/c1-9-15(22)21-12-8-10(6-7-14(12)25-9)16(23)24-13-5-3-2-4-11(13)17(18,19)20/h2-9H,1H3,(H,21,22). The molecule has 0 aliphatic carbocycles. The number of esters is 1. The van der Waals surface area contributed by atoms with Crippen LogP contribution in [0.15, 0.2) is 47.4 Å². The highest BCUT2D eigenvalue weighted by molar-refractivity contribution is 8.00. The van der Waals surface area contributed by atoms with Crippen molar-refractivity contribution < 1.29 is 27.5 Å². The van der Waals surface area contributed by atoms with Gasteiger partial charge in [0, 0.05) is 4.90 Å². The van der Waals surface area contributed by atoms with E-state index in [1.165, 1.54) is 36.0 Å². The number of hydrogen-bond acceptors (Lipinski definition) is 4. The second-order valence-corrected chi connectivity index (χ2v) is 6.73. The van der Waals surface area contributed by atoms with Crippen LogP contribution < -0.4 is 10.1 Å². The van der Waals surface area contributed by atoms with Gasteiger partial charge in [0.25, 0.3) is 0 Å². The molecule has 2 aromatic carbocycles. The number of halogens is 3. The minimum atomic E-state index is -4.63. The second kappa shape index (κ2) is 6.44. The molecule has 0 aromatic heterocycles. The van der Waals surface area contributed by atoms with Gasteiger partial charge in [0.1, 0.15) is 5.75 Å². The molecule has 1 aliphatic rings. The van der Waals surface area contributed by atoms with E-state index in [1.807, 2.05) is 0 Å². The van der Waals surface area contributed by atoms with E-state index in [0.29, 0.717) is 5.69 Å². The number of amides is 1. The van der Waals surface area contributed by atoms with E-state index >= 15 is 0 Å². The number of fused-ring (bicyclic) bond motifs is 1. The number of anilines is 1. The van der Waals surface area contributed by atoms with Gasteiger partial charge in [-0.15, -0.1) is 11.8 Å². The smallest absolute Gasteiger partial charge is 0.419 e. The maximum absolute atomic E-state index is 13.0. The van der Waals surface area contributed by atoms with Crippen LogP contribution >= 0.6 is 11.8 Å². The highest BCUT2D eigenvalue weighted by Crippen LogP contribution is 2.38. The third kappa shape index (κ3) is 3.63. The molecule has 1 N–H and O–H groups in total. The average molecular weight is 367 g/mol. The summed E-state index contributed by atoms with van der Waals surface area (Å²) in [5.41, 5.74) is -0.545. The van der Waals surface area contributed by atoms with Crippen molar-refractivity contribution >= 4 is 29.3 Å². The fraction of sp³-hybridized carbons (Fsp3) is 0.176. The Balaban J connectivity index is 1.86. The minimum Gasteiger partial charge on any atom is -0.422 e. The predicted molar refractivity (Wildman–Crippen MR) is 86.8 cm³/mol. The summed E-state index contributed by atoms with van der Waals surface area (Å²) in [6.07, 6.45) is -4.63. The number of thioether (sulfide) groups is 1. The Hall–Kier alpha value is -2.48. The van der Waals surface area contributed by atoms with Gasteiger partial charge in [-0.3, -0.25) is 4.79 Å². The van der Waals surface area contributed by atoms with Crippen molar-refractivity contribution in [1.29, 1.82) is 0 Å². The quantitative estimate of drug-likeness (QED) is 0.633. The van der Waals surface area contributed by atoms with Gasteiger partial charge in [-0.05, 0) is 37.3 Å². The molecule has 0 radical (unpaired) electrons. The van der Waals surface area contributed by atoms with Gasteiger partial charge in [-0.25, -0.2) is 4.79 Å². The number of para-hydroxylation sites is 1. The summed E-state index contributed by atoms with van der Waals surface area (Å²) in [5, 5.41) is 2.40. The van der Waals surface area contributed by atoms with E-state index in [1.54, 1.807) is 13.0 Å². The molecular weight excluding hydrogens is 355 g/mol. The molecule has 8 heteroatoms. The Morgan fingerprint density at radius 3 is 2.64 bits per heavy atom. The molecule has 0 saturated heterocycles. The monoisotopic (exact) mass is 367 g/mol. The summed E-state index contributed by atoms with van der Waals surface area (Å²) in [6.45, 7) is 1.75. The lowest BCUT2D eigenvalue weighted by Crippen LogP contribution is -2.26. The van der Waals surface area contributed by atoms with Crippen molar-refractivity contribution in [2.45, 2.75) is 23.2 Å². The summed E-state index contributed by atoms with van der Waals surface area (Å²) in [4.78, 5) is 24.7. The van der Waals surface area contributed by atoms with Crippen LogP contribution in [0.5, 0.6) is 5.75 Å². The first-order valence-electron chi connectivity index (χ1n) is 7.25. The van der Waals surface area contributed by atoms with Gasteiger partial charge in [0.15, 0.2) is 0 Å². The lowest BCUT2D eigenvalue weighted by atomic mass is 10.1. The fourth-order valence-electron chi connectivity index (χ4n) is 2.28. The maximum atomic E-state index is 13.0. The predicted octanol–water partition coefficient (Wildman–Crippen LogP) is 4.36. The fourth-order valence-corrected chi connectivity index (χ4v) is 3.21. The normalized spacial score (nSPS) is 16.8. The van der Waals surface area contributed by atoms with E-state index in [9.17, 15) is 22.8 Å². The van der Waals surface area contributed by atoms with Gasteiger partial charge in [-0.2, -0.15) is 13.2 Å². The molecule has 3 rings (SSSR count). The zero-order chi connectivity index (χ0) is 18.2. The molecule has 0 saturated carbocycles. The second-order valence-electron chi connectivity index (χ2n) is 5.34.